The molecule has 1 radical (unpaired) electrons. The summed E-state index contributed by atoms with van der Waals surface area (Å²) in [7, 11) is 0.937. The van der Waals surface area contributed by atoms with Crippen LogP contribution in [0.2, 0.25) is 18.1 Å². The third-order valence-corrected chi connectivity index (χ3v) is 9.12. The molecule has 0 N–H and O–H groups in total. The van der Waals surface area contributed by atoms with E-state index >= 15 is 0 Å². The van der Waals surface area contributed by atoms with Crippen LogP contribution in [0, 0.1) is 0 Å². The van der Waals surface area contributed by atoms with Crippen LogP contribution < -0.4 is 0 Å². The van der Waals surface area contributed by atoms with Gasteiger partial charge in [0.05, 0.1) is 0 Å². The highest BCUT2D eigenvalue weighted by molar-refractivity contribution is 6.83. The monoisotopic (exact) mass is 234 g/mol. The maximum Gasteiger partial charge on any atom is 0.271 e. The Morgan fingerprint density at radius 2 is 1.94 bits per heavy atom. The summed E-state index contributed by atoms with van der Waals surface area (Å²) >= 11 is 0. The minimum Gasteiger partial charge on any atom is -0.448 e. The van der Waals surface area contributed by atoms with E-state index in [1.165, 1.54) is 18.3 Å². The summed E-state index contributed by atoms with van der Waals surface area (Å²) < 4.78 is 2.50. The van der Waals surface area contributed by atoms with E-state index in [1.54, 1.807) is 0 Å². The Hall–Kier alpha value is -0.438. The zero-order chi connectivity index (χ0) is 12.4. The van der Waals surface area contributed by atoms with E-state index in [2.05, 4.69) is 71.0 Å². The summed E-state index contributed by atoms with van der Waals surface area (Å²) in [6.45, 7) is 14.2. The molecule has 0 bridgehead atoms. The molecular weight excluding hydrogens is 209 g/mol. The van der Waals surface area contributed by atoms with Crippen molar-refractivity contribution in [2.45, 2.75) is 58.7 Å². The minimum absolute atomic E-state index is 0.391. The van der Waals surface area contributed by atoms with Gasteiger partial charge in [-0.05, 0) is 23.7 Å². The van der Waals surface area contributed by atoms with E-state index in [-0.39, 0.29) is 0 Å². The lowest BCUT2D eigenvalue weighted by atomic mass is 9.77. The number of nitrogens with zero attached hydrogens (tertiary/aromatic N) is 1. The first-order valence-corrected chi connectivity index (χ1v) is 9.24. The second-order valence-electron chi connectivity index (χ2n) is 6.18. The van der Waals surface area contributed by atoms with Crippen LogP contribution in [-0.4, -0.2) is 20.1 Å². The van der Waals surface area contributed by atoms with Crippen molar-refractivity contribution in [2.24, 2.45) is 0 Å². The van der Waals surface area contributed by atoms with Gasteiger partial charge in [0, 0.05) is 0 Å². The van der Waals surface area contributed by atoms with Crippen molar-refractivity contribution >= 4 is 15.6 Å². The summed E-state index contributed by atoms with van der Waals surface area (Å²) in [5, 5.41) is 0.391. The molecule has 1 nitrogen and oxygen atoms in total. The average Bonchev–Trinajstić information content (AvgIpc) is 2.17. The first-order valence-electron chi connectivity index (χ1n) is 6.29. The smallest absolute Gasteiger partial charge is 0.271 e. The second-order valence-corrected chi connectivity index (χ2v) is 11.3. The zero-order valence-electron chi connectivity index (χ0n) is 11.7. The molecule has 89 valence electrons. The van der Waals surface area contributed by atoms with E-state index < -0.39 is 8.24 Å². The number of allylic oxidation sites excluding steroid dienone is 3. The number of hydrogen-bond donors (Lipinski definition) is 0. The zero-order valence-corrected chi connectivity index (χ0v) is 12.7. The van der Waals surface area contributed by atoms with Crippen molar-refractivity contribution in [1.82, 2.24) is 4.48 Å². The fourth-order valence-electron chi connectivity index (χ4n) is 1.70. The van der Waals surface area contributed by atoms with Gasteiger partial charge >= 0.3 is 0 Å². The lowest BCUT2D eigenvalue weighted by Gasteiger charge is -2.47. The third-order valence-electron chi connectivity index (χ3n) is 3.88. The first-order chi connectivity index (χ1) is 7.29. The fraction of sp³-hybridized carbons (Fsp3) is 0.692. The maximum absolute atomic E-state index is 2.50. The molecule has 0 amide bonds. The van der Waals surface area contributed by atoms with Crippen molar-refractivity contribution in [3.8, 4) is 0 Å². The first kappa shape index (κ1) is 13.6. The van der Waals surface area contributed by atoms with Crippen molar-refractivity contribution in [1.29, 1.82) is 0 Å². The van der Waals surface area contributed by atoms with Crippen molar-refractivity contribution in [3.05, 3.63) is 23.8 Å². The van der Waals surface area contributed by atoms with E-state index in [4.69, 9.17) is 0 Å². The van der Waals surface area contributed by atoms with Crippen molar-refractivity contribution in [2.75, 3.05) is 0 Å². The highest BCUT2D eigenvalue weighted by Gasteiger charge is 2.40. The van der Waals surface area contributed by atoms with Crippen LogP contribution in [0.3, 0.4) is 0 Å². The molecule has 0 saturated carbocycles. The quantitative estimate of drug-likeness (QED) is 0.664. The third kappa shape index (κ3) is 2.82. The molecule has 1 heterocycles. The maximum atomic E-state index is 2.50. The van der Waals surface area contributed by atoms with Gasteiger partial charge in [-0.25, -0.2) is 0 Å². The molecule has 0 aromatic rings. The molecule has 0 saturated heterocycles. The fourth-order valence-corrected chi connectivity index (χ4v) is 3.42. The van der Waals surface area contributed by atoms with Gasteiger partial charge in [0.2, 0.25) is 0 Å². The Morgan fingerprint density at radius 3 is 2.44 bits per heavy atom. The molecule has 0 spiro atoms. The molecule has 0 unspecified atom stereocenters. The van der Waals surface area contributed by atoms with Crippen LogP contribution >= 0.6 is 0 Å². The van der Waals surface area contributed by atoms with Gasteiger partial charge in [0.25, 0.3) is 7.41 Å². The standard InChI is InChI=1S/C13H25BNSi/c1-7-9-12-10-8-11-15(14-12)16(5,6)13(2,3)4/h8,10-11H,7,9H2,1-6H3. The molecular formula is C13H25BNSi. The molecule has 0 aromatic heterocycles. The highest BCUT2D eigenvalue weighted by atomic mass is 28.3. The van der Waals surface area contributed by atoms with Gasteiger partial charge in [-0.2, -0.15) is 0 Å². The molecule has 0 fully saturated rings. The Labute approximate surface area is 103 Å². The lowest BCUT2D eigenvalue weighted by molar-refractivity contribution is 0.655. The largest absolute Gasteiger partial charge is 0.448 e. The van der Waals surface area contributed by atoms with E-state index in [1.807, 2.05) is 0 Å². The van der Waals surface area contributed by atoms with Crippen LogP contribution in [0.4, 0.5) is 0 Å². The molecule has 1 aliphatic rings. The van der Waals surface area contributed by atoms with Crippen LogP contribution in [0.5, 0.6) is 0 Å². The van der Waals surface area contributed by atoms with E-state index in [0.29, 0.717) is 5.04 Å². The second kappa shape index (κ2) is 4.82. The van der Waals surface area contributed by atoms with Crippen LogP contribution in [-0.2, 0) is 0 Å². The summed E-state index contributed by atoms with van der Waals surface area (Å²) in [6.07, 6.45) is 9.10. The van der Waals surface area contributed by atoms with Gasteiger partial charge < -0.3 is 4.48 Å². The lowest BCUT2D eigenvalue weighted by Crippen LogP contribution is -2.54. The molecule has 1 aliphatic heterocycles. The summed E-state index contributed by atoms with van der Waals surface area (Å²) in [6, 6.07) is 0. The Kier molecular flexibility index (Phi) is 4.11. The molecule has 1 rings (SSSR count). The average molecular weight is 234 g/mol. The van der Waals surface area contributed by atoms with E-state index in [0.717, 1.165) is 0 Å². The van der Waals surface area contributed by atoms with Crippen LogP contribution in [0.15, 0.2) is 23.8 Å². The molecule has 0 aliphatic carbocycles. The van der Waals surface area contributed by atoms with Gasteiger partial charge in [0.1, 0.15) is 8.24 Å². The number of rotatable bonds is 3. The van der Waals surface area contributed by atoms with Crippen LogP contribution in [0.1, 0.15) is 40.5 Å². The SMILES string of the molecule is CCCC1=CC=CN([Si](C)(C)C(C)(C)C)[B]1. The van der Waals surface area contributed by atoms with Crippen molar-refractivity contribution < 1.29 is 0 Å². The van der Waals surface area contributed by atoms with Gasteiger partial charge in [-0.3, -0.25) is 0 Å². The topological polar surface area (TPSA) is 3.24 Å². The Balaban J connectivity index is 2.79. The summed E-state index contributed by atoms with van der Waals surface area (Å²) in [5.41, 5.74) is 1.47. The van der Waals surface area contributed by atoms with Crippen LogP contribution in [0.25, 0.3) is 0 Å². The summed E-state index contributed by atoms with van der Waals surface area (Å²) in [4.78, 5) is 0. The molecule has 16 heavy (non-hydrogen) atoms. The molecule has 0 aromatic carbocycles. The Bertz CT molecular complexity index is 300. The van der Waals surface area contributed by atoms with Gasteiger partial charge in [-0.15, -0.1) is 0 Å². The Morgan fingerprint density at radius 1 is 1.31 bits per heavy atom. The molecule has 3 heteroatoms. The predicted octanol–water partition coefficient (Wildman–Crippen LogP) is 4.12. The van der Waals surface area contributed by atoms with Gasteiger partial charge in [-0.1, -0.05) is 58.8 Å². The minimum atomic E-state index is -1.42. The summed E-state index contributed by atoms with van der Waals surface area (Å²) in [5.74, 6) is 0. The van der Waals surface area contributed by atoms with Gasteiger partial charge in [0.15, 0.2) is 0 Å². The van der Waals surface area contributed by atoms with E-state index in [9.17, 15) is 0 Å². The normalized spacial score (nSPS) is 17.1. The molecule has 0 atom stereocenters. The number of hydrogen-bond acceptors (Lipinski definition) is 1. The predicted molar refractivity (Wildman–Crippen MR) is 76.9 cm³/mol. The highest BCUT2D eigenvalue weighted by Crippen LogP contribution is 2.38. The van der Waals surface area contributed by atoms with Crippen molar-refractivity contribution in [3.63, 3.8) is 0 Å².